The van der Waals surface area contributed by atoms with E-state index in [9.17, 15) is 18.0 Å². The molecule has 3 aliphatic rings. The third kappa shape index (κ3) is 4.19. The molecule has 0 aliphatic carbocycles. The Labute approximate surface area is 219 Å². The predicted octanol–water partition coefficient (Wildman–Crippen LogP) is 4.66. The molecule has 0 bridgehead atoms. The van der Waals surface area contributed by atoms with Crippen LogP contribution >= 0.6 is 0 Å². The maximum atomic E-state index is 14.2. The van der Waals surface area contributed by atoms with Gasteiger partial charge in [0.25, 0.3) is 5.91 Å². The molecule has 0 radical (unpaired) electrons. The highest BCUT2D eigenvalue weighted by Gasteiger charge is 2.44. The van der Waals surface area contributed by atoms with E-state index >= 15 is 0 Å². The smallest absolute Gasteiger partial charge is 0.379 e. The van der Waals surface area contributed by atoms with Crippen LogP contribution < -0.4 is 4.90 Å². The molecule has 38 heavy (non-hydrogen) atoms. The van der Waals surface area contributed by atoms with Crippen LogP contribution in [0, 0.1) is 0 Å². The van der Waals surface area contributed by atoms with Gasteiger partial charge in [0.05, 0.1) is 25.3 Å². The minimum Gasteiger partial charge on any atom is -0.379 e. The number of amides is 1. The summed E-state index contributed by atoms with van der Waals surface area (Å²) in [5.41, 5.74) is 1.23. The topological polar surface area (TPSA) is 63.5 Å². The molecule has 2 saturated heterocycles. The second-order valence-electron chi connectivity index (χ2n) is 10.8. The van der Waals surface area contributed by atoms with Crippen molar-refractivity contribution in [2.24, 2.45) is 7.05 Å². The maximum Gasteiger partial charge on any atom is 0.416 e. The van der Waals surface area contributed by atoms with E-state index in [4.69, 9.17) is 4.74 Å². The average molecular weight is 526 g/mol. The highest BCUT2D eigenvalue weighted by Crippen LogP contribution is 2.42. The molecule has 200 valence electrons. The maximum absolute atomic E-state index is 14.2. The molecule has 0 N–H and O–H groups in total. The molecule has 2 fully saturated rings. The Bertz CT molecular complexity index is 1380. The Morgan fingerprint density at radius 2 is 1.89 bits per heavy atom. The van der Waals surface area contributed by atoms with Crippen molar-refractivity contribution >= 4 is 11.6 Å². The van der Waals surface area contributed by atoms with Gasteiger partial charge in [0.2, 0.25) is 0 Å². The van der Waals surface area contributed by atoms with Gasteiger partial charge in [-0.15, -0.1) is 10.2 Å². The van der Waals surface area contributed by atoms with Gasteiger partial charge < -0.3 is 14.2 Å². The van der Waals surface area contributed by atoms with Gasteiger partial charge in [-0.3, -0.25) is 9.69 Å². The number of halogens is 3. The van der Waals surface area contributed by atoms with Crippen LogP contribution in [0.1, 0.15) is 64.2 Å². The molecule has 0 spiro atoms. The van der Waals surface area contributed by atoms with Crippen LogP contribution in [0.2, 0.25) is 0 Å². The quantitative estimate of drug-likeness (QED) is 0.469. The Morgan fingerprint density at radius 3 is 2.53 bits per heavy atom. The van der Waals surface area contributed by atoms with Crippen LogP contribution in [0.15, 0.2) is 42.7 Å². The Balaban J connectivity index is 1.34. The molecule has 1 atom stereocenters. The van der Waals surface area contributed by atoms with Crippen molar-refractivity contribution in [2.75, 3.05) is 31.2 Å². The lowest BCUT2D eigenvalue weighted by Crippen LogP contribution is -2.49. The zero-order valence-electron chi connectivity index (χ0n) is 21.5. The van der Waals surface area contributed by atoms with Crippen molar-refractivity contribution in [3.05, 3.63) is 76.4 Å². The highest BCUT2D eigenvalue weighted by atomic mass is 19.4. The summed E-state index contributed by atoms with van der Waals surface area (Å²) in [6.45, 7) is 4.50. The first-order valence-electron chi connectivity index (χ1n) is 13.0. The number of alkyl halides is 3. The Morgan fingerprint density at radius 1 is 1.13 bits per heavy atom. The van der Waals surface area contributed by atoms with E-state index in [0.29, 0.717) is 30.9 Å². The molecular weight excluding hydrogens is 495 g/mol. The third-order valence-electron chi connectivity index (χ3n) is 8.37. The van der Waals surface area contributed by atoms with Gasteiger partial charge in [-0.2, -0.15) is 13.2 Å². The van der Waals surface area contributed by atoms with Crippen LogP contribution in [-0.2, 0) is 36.3 Å². The summed E-state index contributed by atoms with van der Waals surface area (Å²) < 4.78 is 50.2. The first-order chi connectivity index (χ1) is 18.2. The number of carbonyl (C=O) groups excluding carboxylic acids is 1. The van der Waals surface area contributed by atoms with Crippen LogP contribution in [0.3, 0.4) is 0 Å². The molecule has 3 aromatic rings. The predicted molar refractivity (Wildman–Crippen MR) is 135 cm³/mol. The van der Waals surface area contributed by atoms with Crippen molar-refractivity contribution < 1.29 is 22.7 Å². The first kappa shape index (κ1) is 25.1. The lowest BCUT2D eigenvalue weighted by molar-refractivity contribution is -0.138. The number of ether oxygens (including phenoxy) is 1. The molecule has 2 aromatic carbocycles. The number of rotatable bonds is 6. The SMILES string of the molecule is C[C@H](c1cc2c(c(C(F)(F)F)c1)CN(c1cccc(C3(Cc4nncn4C)COC3)c1)C2=O)N1CCCC1. The van der Waals surface area contributed by atoms with Crippen molar-refractivity contribution in [3.8, 4) is 0 Å². The molecule has 1 aromatic heterocycles. The number of aromatic nitrogens is 3. The van der Waals surface area contributed by atoms with Crippen LogP contribution in [0.25, 0.3) is 0 Å². The lowest BCUT2D eigenvalue weighted by Gasteiger charge is -2.42. The van der Waals surface area contributed by atoms with Gasteiger partial charge in [0.1, 0.15) is 12.2 Å². The number of carbonyl (C=O) groups is 1. The van der Waals surface area contributed by atoms with Crippen molar-refractivity contribution in [3.63, 3.8) is 0 Å². The minimum atomic E-state index is -4.55. The third-order valence-corrected chi connectivity index (χ3v) is 8.37. The summed E-state index contributed by atoms with van der Waals surface area (Å²) in [4.78, 5) is 17.3. The molecule has 0 saturated carbocycles. The van der Waals surface area contributed by atoms with Gasteiger partial charge in [0.15, 0.2) is 0 Å². The van der Waals surface area contributed by atoms with Crippen molar-refractivity contribution in [2.45, 2.75) is 50.4 Å². The van der Waals surface area contributed by atoms with E-state index in [0.717, 1.165) is 37.3 Å². The lowest BCUT2D eigenvalue weighted by atomic mass is 9.75. The Hall–Kier alpha value is -3.24. The van der Waals surface area contributed by atoms with Crippen LogP contribution in [0.4, 0.5) is 18.9 Å². The summed E-state index contributed by atoms with van der Waals surface area (Å²) in [5, 5.41) is 8.18. The van der Waals surface area contributed by atoms with Gasteiger partial charge in [-0.1, -0.05) is 12.1 Å². The summed E-state index contributed by atoms with van der Waals surface area (Å²) >= 11 is 0. The van der Waals surface area contributed by atoms with Gasteiger partial charge in [-0.05, 0) is 73.8 Å². The number of benzene rings is 2. The van der Waals surface area contributed by atoms with Gasteiger partial charge >= 0.3 is 6.18 Å². The van der Waals surface area contributed by atoms with E-state index in [1.807, 2.05) is 36.7 Å². The molecular formula is C28H30F3N5O2. The van der Waals surface area contributed by atoms with E-state index in [1.54, 1.807) is 18.5 Å². The van der Waals surface area contributed by atoms with Crippen LogP contribution in [0.5, 0.6) is 0 Å². The van der Waals surface area contributed by atoms with Gasteiger partial charge in [-0.25, -0.2) is 0 Å². The molecule has 10 heteroatoms. The Kier molecular flexibility index (Phi) is 6.07. The molecule has 3 aliphatic heterocycles. The van der Waals surface area contributed by atoms with E-state index in [-0.39, 0.29) is 29.1 Å². The summed E-state index contributed by atoms with van der Waals surface area (Å²) in [7, 11) is 1.89. The molecule has 1 amide bonds. The number of nitrogens with zero attached hydrogens (tertiary/aromatic N) is 5. The van der Waals surface area contributed by atoms with E-state index in [1.165, 1.54) is 11.0 Å². The molecule has 6 rings (SSSR count). The zero-order chi connectivity index (χ0) is 26.7. The molecule has 0 unspecified atom stereocenters. The number of anilines is 1. The fourth-order valence-electron chi connectivity index (χ4n) is 5.97. The number of fused-ring (bicyclic) bond motifs is 1. The summed E-state index contributed by atoms with van der Waals surface area (Å²) in [6.07, 6.45) is -0.221. The first-order valence-corrected chi connectivity index (χ1v) is 13.0. The van der Waals surface area contributed by atoms with Crippen molar-refractivity contribution in [1.82, 2.24) is 19.7 Å². The second-order valence-corrected chi connectivity index (χ2v) is 10.8. The number of hydrogen-bond donors (Lipinski definition) is 0. The fraction of sp³-hybridized carbons (Fsp3) is 0.464. The zero-order valence-corrected chi connectivity index (χ0v) is 21.5. The largest absolute Gasteiger partial charge is 0.416 e. The normalized spacial score (nSPS) is 20.0. The van der Waals surface area contributed by atoms with E-state index in [2.05, 4.69) is 15.1 Å². The highest BCUT2D eigenvalue weighted by molar-refractivity contribution is 6.10. The summed E-state index contributed by atoms with van der Waals surface area (Å²) in [6, 6.07) is 10.3. The second kappa shape index (κ2) is 9.20. The van der Waals surface area contributed by atoms with E-state index < -0.39 is 17.6 Å². The molecule has 4 heterocycles. The number of hydrogen-bond acceptors (Lipinski definition) is 5. The standard InChI is InChI=1S/C28H30F3N5O2/c1-18(35-8-3-4-9-35)19-10-22-23(24(11-19)28(29,30)31)14-36(26(22)37)21-7-5-6-20(12-21)27(15-38-16-27)13-25-33-32-17-34(25)2/h5-7,10-12,17-18H,3-4,8-9,13-16H2,1-2H3/t18-/m1/s1. The minimum absolute atomic E-state index is 0.0473. The average Bonchev–Trinajstić information content (AvgIpc) is 3.61. The van der Waals surface area contributed by atoms with Gasteiger partial charge in [0, 0.05) is 36.2 Å². The fourth-order valence-corrected chi connectivity index (χ4v) is 5.97. The van der Waals surface area contributed by atoms with Crippen molar-refractivity contribution in [1.29, 1.82) is 0 Å². The molecule has 7 nitrogen and oxygen atoms in total. The number of aryl methyl sites for hydroxylation is 1. The number of likely N-dealkylation sites (tertiary alicyclic amines) is 1. The monoisotopic (exact) mass is 525 g/mol. The summed E-state index contributed by atoms with van der Waals surface area (Å²) in [5.74, 6) is 0.420. The van der Waals surface area contributed by atoms with Crippen LogP contribution in [-0.4, -0.2) is 51.9 Å².